The van der Waals surface area contributed by atoms with E-state index >= 15 is 0 Å². The van der Waals surface area contributed by atoms with Gasteiger partial charge in [-0.1, -0.05) is 30.1 Å². The number of halogens is 2. The van der Waals surface area contributed by atoms with Gasteiger partial charge in [0.1, 0.15) is 0 Å². The molecule has 0 bridgehead atoms. The third-order valence-corrected chi connectivity index (χ3v) is 4.04. The van der Waals surface area contributed by atoms with Crippen LogP contribution in [0.15, 0.2) is 18.2 Å². The highest BCUT2D eigenvalue weighted by molar-refractivity contribution is 6.42. The number of carbonyl (C=O) groups excluding carboxylic acids is 1. The van der Waals surface area contributed by atoms with Crippen LogP contribution in [0.4, 0.5) is 10.5 Å². The average Bonchev–Trinajstić information content (AvgIpc) is 2.38. The van der Waals surface area contributed by atoms with E-state index in [1.807, 2.05) is 0 Å². The molecule has 0 radical (unpaired) electrons. The standard InChI is InChI=1S/C15H20Cl2N2O3/c1-9(8-15(2,3)18-14(21)22)13(20)19(4)10-5-6-11(16)12(17)7-10/h5-7,9,18H,8H2,1-4H3,(H,21,22). The van der Waals surface area contributed by atoms with E-state index in [-0.39, 0.29) is 11.8 Å². The second kappa shape index (κ2) is 7.20. The molecule has 7 heteroatoms. The molecule has 0 saturated carbocycles. The first kappa shape index (κ1) is 18.6. The van der Waals surface area contributed by atoms with Gasteiger partial charge in [-0.15, -0.1) is 0 Å². The molecule has 5 nitrogen and oxygen atoms in total. The average molecular weight is 347 g/mol. The molecule has 0 aliphatic heterocycles. The van der Waals surface area contributed by atoms with Gasteiger partial charge < -0.3 is 15.3 Å². The van der Waals surface area contributed by atoms with Crippen molar-refractivity contribution in [1.82, 2.24) is 5.32 Å². The predicted octanol–water partition coefficient (Wildman–Crippen LogP) is 4.03. The van der Waals surface area contributed by atoms with Gasteiger partial charge in [-0.2, -0.15) is 0 Å². The molecular weight excluding hydrogens is 327 g/mol. The molecule has 22 heavy (non-hydrogen) atoms. The van der Waals surface area contributed by atoms with Crippen LogP contribution in [0.2, 0.25) is 10.0 Å². The molecule has 2 N–H and O–H groups in total. The van der Waals surface area contributed by atoms with Crippen LogP contribution in [0.3, 0.4) is 0 Å². The minimum atomic E-state index is -1.11. The van der Waals surface area contributed by atoms with E-state index in [0.29, 0.717) is 22.2 Å². The third-order valence-electron chi connectivity index (χ3n) is 3.30. The Kier molecular flexibility index (Phi) is 6.08. The highest BCUT2D eigenvalue weighted by atomic mass is 35.5. The van der Waals surface area contributed by atoms with Crippen LogP contribution >= 0.6 is 23.2 Å². The Hall–Kier alpha value is -1.46. The minimum absolute atomic E-state index is 0.126. The number of amides is 2. The fraction of sp³-hybridized carbons (Fsp3) is 0.467. The van der Waals surface area contributed by atoms with E-state index in [2.05, 4.69) is 5.32 Å². The van der Waals surface area contributed by atoms with Gasteiger partial charge in [-0.05, 0) is 38.5 Å². The predicted molar refractivity (Wildman–Crippen MR) is 88.9 cm³/mol. The maximum absolute atomic E-state index is 12.5. The Bertz CT molecular complexity index is 576. The van der Waals surface area contributed by atoms with Crippen LogP contribution in [-0.4, -0.2) is 29.7 Å². The van der Waals surface area contributed by atoms with Crippen molar-refractivity contribution in [3.63, 3.8) is 0 Å². The quantitative estimate of drug-likeness (QED) is 0.845. The molecule has 0 aliphatic carbocycles. The summed E-state index contributed by atoms with van der Waals surface area (Å²) in [6.07, 6.45) is -0.730. The summed E-state index contributed by atoms with van der Waals surface area (Å²) in [5.74, 6) is -0.486. The van der Waals surface area contributed by atoms with E-state index in [1.165, 1.54) is 4.90 Å². The number of nitrogens with zero attached hydrogens (tertiary/aromatic N) is 1. The van der Waals surface area contributed by atoms with Crippen molar-refractivity contribution >= 4 is 40.9 Å². The molecule has 0 saturated heterocycles. The zero-order valence-corrected chi connectivity index (χ0v) is 14.5. The fourth-order valence-corrected chi connectivity index (χ4v) is 2.64. The molecule has 1 atom stereocenters. The summed E-state index contributed by atoms with van der Waals surface area (Å²) >= 11 is 11.8. The second-order valence-corrected chi connectivity index (χ2v) is 6.73. The molecule has 1 unspecified atom stereocenters. The number of anilines is 1. The lowest BCUT2D eigenvalue weighted by atomic mass is 9.91. The summed E-state index contributed by atoms with van der Waals surface area (Å²) in [7, 11) is 1.65. The molecule has 1 aromatic rings. The van der Waals surface area contributed by atoms with Crippen LogP contribution in [0.1, 0.15) is 27.2 Å². The van der Waals surface area contributed by atoms with Gasteiger partial charge in [0.25, 0.3) is 0 Å². The van der Waals surface area contributed by atoms with Crippen molar-refractivity contribution in [2.45, 2.75) is 32.7 Å². The summed E-state index contributed by atoms with van der Waals surface area (Å²) in [5.41, 5.74) is -0.0606. The van der Waals surface area contributed by atoms with Gasteiger partial charge in [0.05, 0.1) is 10.0 Å². The molecule has 0 aromatic heterocycles. The van der Waals surface area contributed by atoms with Gasteiger partial charge in [0.2, 0.25) is 5.91 Å². The molecule has 0 heterocycles. The van der Waals surface area contributed by atoms with Gasteiger partial charge in [-0.3, -0.25) is 4.79 Å². The first-order chi connectivity index (χ1) is 10.0. The molecule has 0 fully saturated rings. The van der Waals surface area contributed by atoms with Crippen molar-refractivity contribution in [1.29, 1.82) is 0 Å². The molecule has 0 spiro atoms. The number of benzene rings is 1. The summed E-state index contributed by atoms with van der Waals surface area (Å²) in [4.78, 5) is 24.7. The second-order valence-electron chi connectivity index (χ2n) is 5.91. The number of rotatable bonds is 5. The Morgan fingerprint density at radius 2 is 1.91 bits per heavy atom. The Morgan fingerprint density at radius 1 is 1.32 bits per heavy atom. The molecular formula is C15H20Cl2N2O3. The van der Waals surface area contributed by atoms with Crippen molar-refractivity contribution in [2.24, 2.45) is 5.92 Å². The monoisotopic (exact) mass is 346 g/mol. The third kappa shape index (κ3) is 5.07. The molecule has 2 amide bonds. The topological polar surface area (TPSA) is 69.6 Å². The Labute approximate surface area is 140 Å². The summed E-state index contributed by atoms with van der Waals surface area (Å²) in [6.45, 7) is 5.25. The van der Waals surface area contributed by atoms with Crippen LogP contribution in [0.5, 0.6) is 0 Å². The molecule has 1 aromatic carbocycles. The lowest BCUT2D eigenvalue weighted by molar-refractivity contribution is -0.122. The SMILES string of the molecule is CC(CC(C)(C)NC(=O)O)C(=O)N(C)c1ccc(Cl)c(Cl)c1. The van der Waals surface area contributed by atoms with E-state index in [4.69, 9.17) is 28.3 Å². The van der Waals surface area contributed by atoms with Crippen molar-refractivity contribution < 1.29 is 14.7 Å². The maximum atomic E-state index is 12.5. The highest BCUT2D eigenvalue weighted by Gasteiger charge is 2.28. The van der Waals surface area contributed by atoms with Crippen LogP contribution in [0.25, 0.3) is 0 Å². The maximum Gasteiger partial charge on any atom is 0.405 e. The molecule has 122 valence electrons. The number of carboxylic acid groups (broad SMARTS) is 1. The Morgan fingerprint density at radius 3 is 2.41 bits per heavy atom. The van der Waals surface area contributed by atoms with Gasteiger partial charge >= 0.3 is 6.09 Å². The van der Waals surface area contributed by atoms with Gasteiger partial charge in [0.15, 0.2) is 0 Å². The zero-order chi connectivity index (χ0) is 17.1. The Balaban J connectivity index is 2.81. The van der Waals surface area contributed by atoms with Crippen molar-refractivity contribution in [3.8, 4) is 0 Å². The molecule has 0 aliphatic rings. The van der Waals surface area contributed by atoms with Gasteiger partial charge in [0, 0.05) is 24.2 Å². The van der Waals surface area contributed by atoms with E-state index in [1.54, 1.807) is 46.0 Å². The fourth-order valence-electron chi connectivity index (χ4n) is 2.34. The number of carbonyl (C=O) groups is 2. The number of hydrogen-bond donors (Lipinski definition) is 2. The summed E-state index contributed by atoms with van der Waals surface area (Å²) < 4.78 is 0. The van der Waals surface area contributed by atoms with Crippen LogP contribution < -0.4 is 10.2 Å². The minimum Gasteiger partial charge on any atom is -0.465 e. The highest BCUT2D eigenvalue weighted by Crippen LogP contribution is 2.28. The molecule has 1 rings (SSSR count). The largest absolute Gasteiger partial charge is 0.465 e. The first-order valence-electron chi connectivity index (χ1n) is 6.77. The van der Waals surface area contributed by atoms with E-state index in [0.717, 1.165) is 0 Å². The van der Waals surface area contributed by atoms with Crippen LogP contribution in [-0.2, 0) is 4.79 Å². The lowest BCUT2D eigenvalue weighted by Crippen LogP contribution is -2.46. The van der Waals surface area contributed by atoms with Crippen LogP contribution in [0, 0.1) is 5.92 Å². The number of nitrogens with one attached hydrogen (secondary N) is 1. The smallest absolute Gasteiger partial charge is 0.405 e. The summed E-state index contributed by atoms with van der Waals surface area (Å²) in [6, 6.07) is 4.96. The van der Waals surface area contributed by atoms with Crippen molar-refractivity contribution in [3.05, 3.63) is 28.2 Å². The van der Waals surface area contributed by atoms with E-state index < -0.39 is 11.6 Å². The zero-order valence-electron chi connectivity index (χ0n) is 13.0. The van der Waals surface area contributed by atoms with E-state index in [9.17, 15) is 9.59 Å². The number of hydrogen-bond acceptors (Lipinski definition) is 2. The van der Waals surface area contributed by atoms with Crippen molar-refractivity contribution in [2.75, 3.05) is 11.9 Å². The first-order valence-corrected chi connectivity index (χ1v) is 7.53. The summed E-state index contributed by atoms with van der Waals surface area (Å²) in [5, 5.41) is 12.0. The lowest BCUT2D eigenvalue weighted by Gasteiger charge is -2.29. The van der Waals surface area contributed by atoms with Gasteiger partial charge in [-0.25, -0.2) is 4.79 Å². The normalized spacial score (nSPS) is 12.6.